The molecule has 0 saturated carbocycles. The first-order valence-electron chi connectivity index (χ1n) is 1.43. The Morgan fingerprint density at radius 2 is 1.18 bits per heavy atom. The van der Waals surface area contributed by atoms with E-state index in [1.807, 2.05) is 0 Å². The molecule has 1 radical (unpaired) electrons. The average molecular weight is 293 g/mol. The van der Waals surface area contributed by atoms with Crippen LogP contribution in [0.3, 0.4) is 0 Å². The molecule has 11 heavy (non-hydrogen) atoms. The Bertz CT molecular complexity index is 192. The van der Waals surface area contributed by atoms with E-state index in [-0.39, 0.29) is 17.1 Å². The van der Waals surface area contributed by atoms with Crippen molar-refractivity contribution in [1.82, 2.24) is 0 Å². The average Bonchev–Trinajstić information content (AvgIpc) is 1.12. The molecule has 0 aliphatic heterocycles. The van der Waals surface area contributed by atoms with Crippen molar-refractivity contribution in [2.45, 2.75) is 0 Å². The molecule has 0 aromatic carbocycles. The minimum atomic E-state index is -5.38. The van der Waals surface area contributed by atoms with Gasteiger partial charge in [0.1, 0.15) is 0 Å². The predicted molar refractivity (Wildman–Crippen MR) is 21.4 cm³/mol. The second kappa shape index (κ2) is 6.18. The summed E-state index contributed by atoms with van der Waals surface area (Å²) < 4.78 is 66.0. The van der Waals surface area contributed by atoms with Crippen LogP contribution in [0.1, 0.15) is 0 Å². The maximum atomic E-state index is 8.83. The first kappa shape index (κ1) is 17.6. The van der Waals surface area contributed by atoms with Crippen molar-refractivity contribution in [3.63, 3.8) is 0 Å². The van der Waals surface area contributed by atoms with E-state index in [9.17, 15) is 0 Å². The Kier molecular flexibility index (Phi) is 9.91. The second-order valence-corrected chi connectivity index (χ2v) is 3.77. The largest absolute Gasteiger partial charge is 3.00 e. The van der Waals surface area contributed by atoms with Crippen LogP contribution in [0, 0.1) is 0 Å². The van der Waals surface area contributed by atoms with Crippen molar-refractivity contribution in [2.75, 3.05) is 0 Å². The first-order chi connectivity index (χ1) is 4.00. The molecule has 0 aromatic rings. The van der Waals surface area contributed by atoms with Crippen molar-refractivity contribution in [3.05, 3.63) is 0 Å². The van der Waals surface area contributed by atoms with E-state index >= 15 is 0 Å². The third-order valence-electron chi connectivity index (χ3n) is 0. The summed E-state index contributed by atoms with van der Waals surface area (Å²) in [5.74, 6) is 0. The van der Waals surface area contributed by atoms with E-state index in [2.05, 4.69) is 0 Å². The molecule has 2 N–H and O–H groups in total. The Hall–Kier alpha value is 0.628. The molecule has 0 atom stereocenters. The van der Waals surface area contributed by atoms with Crippen LogP contribution >= 0.6 is 0 Å². The fourth-order valence-electron chi connectivity index (χ4n) is 0. The molecule has 69 valence electrons. The zero-order chi connectivity index (χ0) is 9.00. The van der Waals surface area contributed by atoms with Crippen LogP contribution in [0.2, 0.25) is 0 Å². The van der Waals surface area contributed by atoms with Crippen molar-refractivity contribution in [2.24, 2.45) is 0 Å². The summed E-state index contributed by atoms with van der Waals surface area (Å²) in [4.78, 5) is 0. The summed E-state index contributed by atoms with van der Waals surface area (Å²) in [6, 6.07) is 0. The minimum Gasteiger partial charge on any atom is 3.00 e. The normalized spacial score (nSPS) is 10.6. The molecule has 0 spiro atoms. The molecule has 0 fully saturated rings. The molecule has 0 unspecified atom stereocenters. The van der Waals surface area contributed by atoms with E-state index in [0.717, 1.165) is 0 Å². The van der Waals surface area contributed by atoms with Gasteiger partial charge >= 0.3 is 47.6 Å². The monoisotopic (exact) mass is 293 g/mol. The summed E-state index contributed by atoms with van der Waals surface area (Å²) in [6.45, 7) is 0. The summed E-state index contributed by atoms with van der Waals surface area (Å²) in [5, 5.41) is 0. The smallest absolute Gasteiger partial charge is 3.00 e. The first-order valence-corrected chi connectivity index (χ1v) is 5.98. The van der Waals surface area contributed by atoms with Gasteiger partial charge in [0.15, 0.2) is 0 Å². The second-order valence-electron chi connectivity index (χ2n) is 0.899. The van der Waals surface area contributed by atoms with E-state index in [1.165, 1.54) is 0 Å². The van der Waals surface area contributed by atoms with Crippen molar-refractivity contribution < 1.29 is 50.6 Å². The Morgan fingerprint density at radius 3 is 1.18 bits per heavy atom. The third-order valence-corrected chi connectivity index (χ3v) is 0. The molecule has 0 aliphatic carbocycles. The summed E-state index contributed by atoms with van der Waals surface area (Å²) in [7, 11) is -5.17. The van der Waals surface area contributed by atoms with E-state index < -0.39 is 24.9 Å². The van der Waals surface area contributed by atoms with Crippen LogP contribution in [0.5, 0.6) is 0 Å². The Morgan fingerprint density at radius 1 is 1.18 bits per heavy atom. The zero-order valence-corrected chi connectivity index (χ0v) is 8.35. The summed E-state index contributed by atoms with van der Waals surface area (Å²) >= 11 is -5.38. The van der Waals surface area contributed by atoms with Gasteiger partial charge in [-0.3, -0.25) is 8.42 Å². The minimum absolute atomic E-state index is 0. The standard InChI is InChI=1S/AsH3O4.Fe.H2O4S/c2-1(3,4)5;;1-5(2,3)4/h(H3,2,3,4,5);;(H2,1,2,3,4)/q;+3;/p-3. The van der Waals surface area contributed by atoms with Crippen LogP contribution in [-0.4, -0.2) is 40.2 Å². The van der Waals surface area contributed by atoms with Crippen molar-refractivity contribution in [3.8, 4) is 0 Å². The third kappa shape index (κ3) is 2010. The van der Waals surface area contributed by atoms with Gasteiger partial charge in [0.05, 0.1) is 0 Å². The summed E-state index contributed by atoms with van der Waals surface area (Å²) in [6.07, 6.45) is 0. The van der Waals surface area contributed by atoms with Gasteiger partial charge in [0, 0.05) is 10.4 Å². The van der Waals surface area contributed by atoms with Gasteiger partial charge in [0.25, 0.3) is 0 Å². The number of rotatable bonds is 0. The van der Waals surface area contributed by atoms with Crippen molar-refractivity contribution in [1.29, 1.82) is 0 Å². The predicted octanol–water partition coefficient (Wildman–Crippen LogP) is -4.14. The topological polar surface area (TPSA) is 161 Å². The molecule has 0 amide bonds. The molecule has 0 saturated heterocycles. The van der Waals surface area contributed by atoms with Gasteiger partial charge < -0.3 is 9.11 Å². The molecule has 0 rings (SSSR count). The maximum Gasteiger partial charge on any atom is 3.00 e. The van der Waals surface area contributed by atoms with E-state index in [1.54, 1.807) is 0 Å². The molecular formula is H2AsFeO8S. The molecule has 0 bridgehead atoms. The molecule has 11 heteroatoms. The summed E-state index contributed by atoms with van der Waals surface area (Å²) in [5.41, 5.74) is 0. The zero-order valence-electron chi connectivity index (χ0n) is 4.55. The van der Waals surface area contributed by atoms with E-state index in [0.29, 0.717) is 0 Å². The number of hydrogen-bond acceptors (Lipinski definition) is 6. The fourth-order valence-corrected chi connectivity index (χ4v) is 0. The van der Waals surface area contributed by atoms with Crippen LogP contribution in [-0.2, 0) is 31.2 Å². The molecule has 0 heterocycles. The maximum absolute atomic E-state index is 8.83. The molecule has 8 nitrogen and oxygen atoms in total. The van der Waals surface area contributed by atoms with Crippen molar-refractivity contribution >= 4 is 24.9 Å². The van der Waals surface area contributed by atoms with Gasteiger partial charge in [-0.2, -0.15) is 0 Å². The van der Waals surface area contributed by atoms with Crippen LogP contribution in [0.15, 0.2) is 0 Å². The van der Waals surface area contributed by atoms with Gasteiger partial charge in [-0.05, 0) is 0 Å². The fraction of sp³-hybridized carbons (Fsp3) is 0. The SMILES string of the molecule is O=S(=O)([O-])[O-].O=[As]([O-])(O)O.[Fe+3]. The Balaban J connectivity index is -0.000000107. The van der Waals surface area contributed by atoms with Crippen LogP contribution in [0.25, 0.3) is 0 Å². The van der Waals surface area contributed by atoms with E-state index in [4.69, 9.17) is 33.5 Å². The molecule has 0 aromatic heterocycles. The van der Waals surface area contributed by atoms with Gasteiger partial charge in [0.2, 0.25) is 0 Å². The molecular weight excluding hydrogens is 291 g/mol. The van der Waals surface area contributed by atoms with Crippen LogP contribution in [0.4, 0.5) is 0 Å². The van der Waals surface area contributed by atoms with Gasteiger partial charge in [-0.15, -0.1) is 0 Å². The number of hydrogen-bond donors (Lipinski definition) is 2. The van der Waals surface area contributed by atoms with Gasteiger partial charge in [-0.1, -0.05) is 0 Å². The van der Waals surface area contributed by atoms with Crippen LogP contribution < -0.4 is 4.10 Å². The molecule has 0 aliphatic rings. The quantitative estimate of drug-likeness (QED) is 0.258. The van der Waals surface area contributed by atoms with Gasteiger partial charge in [-0.25, -0.2) is 0 Å². The Labute approximate surface area is 75.6 Å².